The molecule has 3 N–H and O–H groups in total. The van der Waals surface area contributed by atoms with Gasteiger partial charge in [0, 0.05) is 23.6 Å². The molecule has 0 spiro atoms. The molecule has 0 bridgehead atoms. The number of carbonyl (C=O) groups excluding carboxylic acids is 1. The highest BCUT2D eigenvalue weighted by Crippen LogP contribution is 2.68. The lowest BCUT2D eigenvalue weighted by molar-refractivity contribution is -0.136. The van der Waals surface area contributed by atoms with Crippen LogP contribution in [-0.2, 0) is 16.0 Å². The SMILES string of the molecule is Cc1c(CC(=O)O)c(=O)oc2cc(NC(=O)CC[C@@H](C)[C@H]3CC[C@H]4[C@@H]5CC[C@@H]6C[C@H](O)CC[C@]6(C)[C@H]5CC[C@]34C)ccc12. The Morgan fingerprint density at radius 2 is 1.79 bits per heavy atom. The number of fused-ring (bicyclic) bond motifs is 6. The van der Waals surface area contributed by atoms with E-state index in [2.05, 4.69) is 26.1 Å². The number of rotatable bonds is 7. The molecule has 1 heterocycles. The fraction of sp³-hybridized carbons (Fsp3) is 0.694. The highest BCUT2D eigenvalue weighted by Gasteiger charge is 2.60. The van der Waals surface area contributed by atoms with Crippen LogP contribution in [0.1, 0.15) is 103 Å². The maximum Gasteiger partial charge on any atom is 0.340 e. The number of aliphatic hydroxyl groups excluding tert-OH is 1. The summed E-state index contributed by atoms with van der Waals surface area (Å²) in [5.74, 6) is 3.08. The Bertz CT molecular complexity index is 1460. The summed E-state index contributed by atoms with van der Waals surface area (Å²) < 4.78 is 5.42. The first-order chi connectivity index (χ1) is 20.4. The van der Waals surface area contributed by atoms with E-state index in [4.69, 9.17) is 9.52 Å². The molecule has 7 nitrogen and oxygen atoms in total. The third kappa shape index (κ3) is 5.34. The van der Waals surface area contributed by atoms with Gasteiger partial charge in [-0.2, -0.15) is 0 Å². The Labute approximate surface area is 254 Å². The minimum absolute atomic E-state index is 0.0399. The molecule has 7 heteroatoms. The standard InChI is InChI=1S/C36H49NO6/c1-20(5-12-32(39)37-23-7-9-25-21(2)27(19-33(40)41)34(42)43-31(25)18-23)28-10-11-29-26-8-6-22-17-24(38)13-15-35(22,3)30(26)14-16-36(28,29)4/h7,9,18,20,22,24,26,28-30,38H,5-6,8,10-17,19H2,1-4H3,(H,37,39)(H,40,41)/t20-,22-,24-,26+,28-,29+,30+,35+,36-/m1/s1. The molecule has 0 aliphatic heterocycles. The summed E-state index contributed by atoms with van der Waals surface area (Å²) >= 11 is 0. The smallest absolute Gasteiger partial charge is 0.340 e. The summed E-state index contributed by atoms with van der Waals surface area (Å²) in [6.45, 7) is 9.19. The molecule has 4 fully saturated rings. The summed E-state index contributed by atoms with van der Waals surface area (Å²) in [7, 11) is 0. The number of carbonyl (C=O) groups is 2. The van der Waals surface area contributed by atoms with Crippen LogP contribution in [-0.4, -0.2) is 28.2 Å². The molecule has 9 atom stereocenters. The van der Waals surface area contributed by atoms with Crippen LogP contribution >= 0.6 is 0 Å². The first-order valence-corrected chi connectivity index (χ1v) is 16.7. The lowest BCUT2D eigenvalue weighted by atomic mass is 9.44. The average Bonchev–Trinajstić information content (AvgIpc) is 3.31. The van der Waals surface area contributed by atoms with Gasteiger partial charge in [0.2, 0.25) is 5.91 Å². The maximum atomic E-state index is 13.0. The van der Waals surface area contributed by atoms with E-state index in [9.17, 15) is 19.5 Å². The Balaban J connectivity index is 1.08. The van der Waals surface area contributed by atoms with Gasteiger partial charge < -0.3 is 19.9 Å². The van der Waals surface area contributed by atoms with Crippen LogP contribution in [0.25, 0.3) is 11.0 Å². The molecule has 2 aromatic rings. The van der Waals surface area contributed by atoms with Crippen molar-refractivity contribution in [2.75, 3.05) is 5.32 Å². The summed E-state index contributed by atoms with van der Waals surface area (Å²) in [6.07, 6.45) is 11.8. The summed E-state index contributed by atoms with van der Waals surface area (Å²) in [4.78, 5) is 36.6. The van der Waals surface area contributed by atoms with E-state index in [1.807, 2.05) is 0 Å². The fourth-order valence-electron chi connectivity index (χ4n) is 10.8. The second-order valence-corrected chi connectivity index (χ2v) is 15.2. The van der Waals surface area contributed by atoms with Crippen LogP contribution in [0.3, 0.4) is 0 Å². The van der Waals surface area contributed by atoms with Crippen LogP contribution < -0.4 is 10.9 Å². The van der Waals surface area contributed by atoms with E-state index >= 15 is 0 Å². The van der Waals surface area contributed by atoms with Crippen LogP contribution in [0, 0.1) is 53.3 Å². The molecule has 4 saturated carbocycles. The van der Waals surface area contributed by atoms with Crippen molar-refractivity contribution in [3.8, 4) is 0 Å². The first-order valence-electron chi connectivity index (χ1n) is 16.7. The van der Waals surface area contributed by atoms with Gasteiger partial charge in [0.05, 0.1) is 18.1 Å². The van der Waals surface area contributed by atoms with E-state index in [0.717, 1.165) is 37.0 Å². The Morgan fingerprint density at radius 1 is 1.05 bits per heavy atom. The average molecular weight is 592 g/mol. The predicted octanol–water partition coefficient (Wildman–Crippen LogP) is 7.10. The van der Waals surface area contributed by atoms with Crippen molar-refractivity contribution in [1.29, 1.82) is 0 Å². The molecule has 1 amide bonds. The molecule has 43 heavy (non-hydrogen) atoms. The van der Waals surface area contributed by atoms with Gasteiger partial charge in [0.15, 0.2) is 0 Å². The number of aryl methyl sites for hydroxylation is 1. The Morgan fingerprint density at radius 3 is 2.56 bits per heavy atom. The summed E-state index contributed by atoms with van der Waals surface area (Å²) in [6, 6.07) is 5.21. The summed E-state index contributed by atoms with van der Waals surface area (Å²) in [5.41, 5.74) is 1.76. The number of anilines is 1. The molecule has 4 aliphatic carbocycles. The van der Waals surface area contributed by atoms with Crippen molar-refractivity contribution in [2.45, 2.75) is 111 Å². The maximum absolute atomic E-state index is 13.0. The number of benzene rings is 1. The van der Waals surface area contributed by atoms with Crippen molar-refractivity contribution >= 4 is 28.5 Å². The third-order valence-corrected chi connectivity index (χ3v) is 13.1. The number of hydrogen-bond acceptors (Lipinski definition) is 5. The van der Waals surface area contributed by atoms with Gasteiger partial charge in [-0.15, -0.1) is 0 Å². The molecular formula is C36H49NO6. The highest BCUT2D eigenvalue weighted by atomic mass is 16.4. The molecular weight excluding hydrogens is 542 g/mol. The van der Waals surface area contributed by atoms with Gasteiger partial charge in [-0.25, -0.2) is 4.79 Å². The van der Waals surface area contributed by atoms with Gasteiger partial charge in [0.1, 0.15) is 5.58 Å². The molecule has 1 aromatic heterocycles. The number of carboxylic acids is 1. The number of nitrogens with one attached hydrogen (secondary N) is 1. The van der Waals surface area contributed by atoms with E-state index < -0.39 is 11.6 Å². The van der Waals surface area contributed by atoms with Gasteiger partial charge in [-0.1, -0.05) is 20.8 Å². The van der Waals surface area contributed by atoms with Crippen molar-refractivity contribution in [3.63, 3.8) is 0 Å². The normalized spacial score (nSPS) is 35.9. The molecule has 6 rings (SSSR count). The van der Waals surface area contributed by atoms with Gasteiger partial charge in [0.25, 0.3) is 0 Å². The Hall–Kier alpha value is -2.67. The van der Waals surface area contributed by atoms with Gasteiger partial charge >= 0.3 is 11.6 Å². The van der Waals surface area contributed by atoms with E-state index in [1.165, 1.54) is 44.9 Å². The first kappa shape index (κ1) is 30.4. The quantitative estimate of drug-likeness (QED) is 0.296. The zero-order valence-corrected chi connectivity index (χ0v) is 26.3. The Kier molecular flexibility index (Phi) is 8.02. The topological polar surface area (TPSA) is 117 Å². The number of hydrogen-bond donors (Lipinski definition) is 3. The zero-order valence-electron chi connectivity index (χ0n) is 26.3. The van der Waals surface area contributed by atoms with Gasteiger partial charge in [-0.05, 0) is 135 Å². The number of carboxylic acid groups (broad SMARTS) is 1. The van der Waals surface area contributed by atoms with Crippen molar-refractivity contribution in [1.82, 2.24) is 0 Å². The molecule has 4 aliphatic rings. The lowest BCUT2D eigenvalue weighted by Gasteiger charge is -2.61. The molecule has 1 aromatic carbocycles. The molecule has 0 radical (unpaired) electrons. The minimum Gasteiger partial charge on any atom is -0.481 e. The summed E-state index contributed by atoms with van der Waals surface area (Å²) in [5, 5.41) is 23.1. The van der Waals surface area contributed by atoms with Crippen LogP contribution in [0.15, 0.2) is 27.4 Å². The lowest BCUT2D eigenvalue weighted by Crippen LogP contribution is -2.54. The van der Waals surface area contributed by atoms with Crippen molar-refractivity contribution < 1.29 is 24.2 Å². The molecule has 0 saturated heterocycles. The highest BCUT2D eigenvalue weighted by molar-refractivity contribution is 5.94. The number of aliphatic carboxylic acids is 1. The zero-order chi connectivity index (χ0) is 30.7. The molecule has 234 valence electrons. The largest absolute Gasteiger partial charge is 0.481 e. The van der Waals surface area contributed by atoms with Crippen molar-refractivity contribution in [2.24, 2.45) is 46.3 Å². The van der Waals surface area contributed by atoms with E-state index in [-0.39, 0.29) is 24.0 Å². The van der Waals surface area contributed by atoms with Crippen LogP contribution in [0.5, 0.6) is 0 Å². The van der Waals surface area contributed by atoms with E-state index in [1.54, 1.807) is 25.1 Å². The number of aliphatic hydroxyl groups is 1. The predicted molar refractivity (Wildman–Crippen MR) is 167 cm³/mol. The van der Waals surface area contributed by atoms with Crippen LogP contribution in [0.2, 0.25) is 0 Å². The number of amides is 1. The van der Waals surface area contributed by atoms with Crippen LogP contribution in [0.4, 0.5) is 5.69 Å². The second kappa shape index (κ2) is 11.4. The van der Waals surface area contributed by atoms with Crippen molar-refractivity contribution in [3.05, 3.63) is 39.7 Å². The second-order valence-electron chi connectivity index (χ2n) is 15.2. The third-order valence-electron chi connectivity index (χ3n) is 13.1. The monoisotopic (exact) mass is 591 g/mol. The fourth-order valence-corrected chi connectivity index (χ4v) is 10.8. The van der Waals surface area contributed by atoms with Gasteiger partial charge in [-0.3, -0.25) is 9.59 Å². The van der Waals surface area contributed by atoms with E-state index in [0.29, 0.717) is 57.2 Å². The minimum atomic E-state index is -1.08. The molecule has 0 unspecified atom stereocenters.